The molecule has 0 aliphatic carbocycles. The molecule has 1 atom stereocenters. The third kappa shape index (κ3) is 7.37. The minimum absolute atomic E-state index is 0.0346. The number of rotatable bonds is 10. The van der Waals surface area contributed by atoms with Crippen LogP contribution in [-0.4, -0.2) is 40.6 Å². The summed E-state index contributed by atoms with van der Waals surface area (Å²) in [4.78, 5) is 25.3. The highest BCUT2D eigenvalue weighted by Gasteiger charge is 2.22. The third-order valence-electron chi connectivity index (χ3n) is 5.32. The highest BCUT2D eigenvalue weighted by molar-refractivity contribution is 5.91. The summed E-state index contributed by atoms with van der Waals surface area (Å²) in [7, 11) is 0. The van der Waals surface area contributed by atoms with Gasteiger partial charge in [-0.15, -0.1) is 0 Å². The number of hydrogen-bond acceptors (Lipinski definition) is 4. The van der Waals surface area contributed by atoms with Gasteiger partial charge in [0.05, 0.1) is 0 Å². The van der Waals surface area contributed by atoms with Crippen molar-refractivity contribution < 1.29 is 19.4 Å². The Hall–Kier alpha value is -2.92. The Morgan fingerprint density at radius 3 is 2.23 bits per heavy atom. The lowest BCUT2D eigenvalue weighted by atomic mass is 9.86. The molecule has 0 spiro atoms. The normalized spacial score (nSPS) is 12.6. The Kier molecular flexibility index (Phi) is 9.01. The van der Waals surface area contributed by atoms with Crippen molar-refractivity contribution in [1.82, 2.24) is 4.90 Å². The van der Waals surface area contributed by atoms with Crippen LogP contribution >= 0.6 is 0 Å². The van der Waals surface area contributed by atoms with Crippen molar-refractivity contribution in [1.29, 1.82) is 0 Å². The van der Waals surface area contributed by atoms with Gasteiger partial charge in [-0.2, -0.15) is 0 Å². The van der Waals surface area contributed by atoms with E-state index in [1.165, 1.54) is 0 Å². The second-order valence-corrected chi connectivity index (χ2v) is 8.31. The van der Waals surface area contributed by atoms with Gasteiger partial charge in [-0.3, -0.25) is 4.90 Å². The summed E-state index contributed by atoms with van der Waals surface area (Å²) < 4.78 is 5.55. The average Bonchev–Trinajstić information content (AvgIpc) is 2.71. The van der Waals surface area contributed by atoms with Crippen LogP contribution in [-0.2, 0) is 9.59 Å². The van der Waals surface area contributed by atoms with Crippen LogP contribution in [0.3, 0.4) is 0 Å². The number of carbonyl (C=O) groups is 2. The zero-order valence-corrected chi connectivity index (χ0v) is 19.0. The van der Waals surface area contributed by atoms with Gasteiger partial charge >= 0.3 is 11.9 Å². The molecule has 0 heterocycles. The quantitative estimate of drug-likeness (QED) is 0.324. The Bertz CT molecular complexity index is 895. The minimum atomic E-state index is -1.19. The van der Waals surface area contributed by atoms with Crippen LogP contribution < -0.4 is 4.74 Å². The fraction of sp³-hybridized carbons (Fsp3) is 0.385. The third-order valence-corrected chi connectivity index (χ3v) is 5.32. The molecule has 2 aromatic carbocycles. The van der Waals surface area contributed by atoms with E-state index in [9.17, 15) is 9.59 Å². The first-order chi connectivity index (χ1) is 14.7. The highest BCUT2D eigenvalue weighted by Crippen LogP contribution is 2.36. The van der Waals surface area contributed by atoms with Crippen LogP contribution in [0.25, 0.3) is 0 Å². The number of carboxylic acids is 1. The van der Waals surface area contributed by atoms with Gasteiger partial charge in [0, 0.05) is 35.7 Å². The number of hydrogen-bond donors (Lipinski definition) is 1. The number of carboxylic acid groups (broad SMARTS) is 1. The van der Waals surface area contributed by atoms with E-state index in [4.69, 9.17) is 9.84 Å². The van der Waals surface area contributed by atoms with Crippen LogP contribution in [0.2, 0.25) is 0 Å². The Morgan fingerprint density at radius 1 is 1.00 bits per heavy atom. The van der Waals surface area contributed by atoms with E-state index < -0.39 is 11.9 Å². The van der Waals surface area contributed by atoms with Gasteiger partial charge in [0.15, 0.2) is 0 Å². The first-order valence-electron chi connectivity index (χ1n) is 10.7. The molecule has 0 aliphatic heterocycles. The maximum atomic E-state index is 12.2. The van der Waals surface area contributed by atoms with E-state index in [-0.39, 0.29) is 5.92 Å². The molecule has 0 radical (unpaired) electrons. The number of ether oxygens (including phenoxy) is 1. The molecule has 0 saturated carbocycles. The van der Waals surface area contributed by atoms with Gasteiger partial charge in [-0.25, -0.2) is 9.59 Å². The largest absolute Gasteiger partial charge is 0.478 e. The summed E-state index contributed by atoms with van der Waals surface area (Å²) >= 11 is 0. The number of aliphatic carboxylic acids is 1. The molecule has 166 valence electrons. The van der Waals surface area contributed by atoms with Crippen LogP contribution in [0.4, 0.5) is 0 Å². The predicted molar refractivity (Wildman–Crippen MR) is 123 cm³/mol. The molecule has 2 rings (SSSR count). The number of benzene rings is 2. The molecule has 1 N–H and O–H groups in total. The van der Waals surface area contributed by atoms with Gasteiger partial charge in [0.25, 0.3) is 0 Å². The van der Waals surface area contributed by atoms with E-state index in [1.54, 1.807) is 6.07 Å². The van der Waals surface area contributed by atoms with Crippen molar-refractivity contribution in [2.24, 2.45) is 0 Å². The van der Waals surface area contributed by atoms with E-state index in [0.29, 0.717) is 17.8 Å². The summed E-state index contributed by atoms with van der Waals surface area (Å²) in [5, 5.41) is 8.77. The van der Waals surface area contributed by atoms with Crippen LogP contribution in [0.5, 0.6) is 5.75 Å². The molecule has 5 nitrogen and oxygen atoms in total. The lowest BCUT2D eigenvalue weighted by molar-refractivity contribution is -0.133. The fourth-order valence-electron chi connectivity index (χ4n) is 3.89. The molecule has 5 heteroatoms. The average molecular weight is 424 g/mol. The maximum Gasteiger partial charge on any atom is 0.336 e. The topological polar surface area (TPSA) is 66.8 Å². The molecule has 0 bridgehead atoms. The van der Waals surface area contributed by atoms with Crippen molar-refractivity contribution in [3.8, 4) is 5.75 Å². The number of aryl methyl sites for hydroxylation is 1. The van der Waals surface area contributed by atoms with Gasteiger partial charge in [0.1, 0.15) is 5.75 Å². The second kappa shape index (κ2) is 11.5. The molecule has 0 amide bonds. The van der Waals surface area contributed by atoms with Gasteiger partial charge in [-0.05, 0) is 59.2 Å². The molecular formula is C26H33NO4. The predicted octanol–water partition coefficient (Wildman–Crippen LogP) is 5.18. The van der Waals surface area contributed by atoms with Crippen molar-refractivity contribution >= 4 is 11.9 Å². The molecule has 0 saturated heterocycles. The van der Waals surface area contributed by atoms with Gasteiger partial charge in [-0.1, -0.05) is 48.0 Å². The Balaban J connectivity index is 2.42. The van der Waals surface area contributed by atoms with Gasteiger partial charge in [0.2, 0.25) is 0 Å². The monoisotopic (exact) mass is 423 g/mol. The van der Waals surface area contributed by atoms with Crippen molar-refractivity contribution in [2.45, 2.75) is 59.0 Å². The van der Waals surface area contributed by atoms with Crippen molar-refractivity contribution in [3.05, 3.63) is 77.4 Å². The molecule has 0 fully saturated rings. The zero-order chi connectivity index (χ0) is 23.0. The first-order valence-corrected chi connectivity index (χ1v) is 10.7. The smallest absolute Gasteiger partial charge is 0.336 e. The highest BCUT2D eigenvalue weighted by atomic mass is 16.5. The molecule has 0 unspecified atom stereocenters. The lowest BCUT2D eigenvalue weighted by Gasteiger charge is -2.32. The number of esters is 1. The van der Waals surface area contributed by atoms with Crippen LogP contribution in [0.15, 0.2) is 60.7 Å². The summed E-state index contributed by atoms with van der Waals surface area (Å²) in [6, 6.07) is 16.8. The first kappa shape index (κ1) is 24.4. The number of nitrogens with zero attached hydrogens (tertiary/aromatic N) is 1. The second-order valence-electron chi connectivity index (χ2n) is 8.31. The summed E-state index contributed by atoms with van der Waals surface area (Å²) in [6.45, 7) is 11.7. The number of carbonyl (C=O) groups excluding carboxylic acids is 1. The van der Waals surface area contributed by atoms with Crippen LogP contribution in [0.1, 0.15) is 56.7 Å². The van der Waals surface area contributed by atoms with E-state index >= 15 is 0 Å². The molecule has 0 aliphatic rings. The van der Waals surface area contributed by atoms with E-state index in [1.807, 2.05) is 31.2 Å². The molecule has 31 heavy (non-hydrogen) atoms. The summed E-state index contributed by atoms with van der Waals surface area (Å²) in [5.74, 6) is -1.40. The maximum absolute atomic E-state index is 12.2. The molecular weight excluding hydrogens is 390 g/mol. The van der Waals surface area contributed by atoms with Crippen LogP contribution in [0, 0.1) is 6.92 Å². The van der Waals surface area contributed by atoms with Gasteiger partial charge < -0.3 is 9.84 Å². The fourth-order valence-corrected chi connectivity index (χ4v) is 3.89. The van der Waals surface area contributed by atoms with E-state index in [0.717, 1.165) is 41.8 Å². The Morgan fingerprint density at radius 2 is 1.65 bits per heavy atom. The standard InChI is InChI=1S/C26H33NO4/c1-18(2)27(19(3)4)16-15-22(21-9-7-6-8-10-21)23-17-20(5)11-12-24(23)31-26(30)14-13-25(28)29/h6-14,17-19,22H,15-16H2,1-5H3,(H,28,29)/b14-13+/t22-/m1/s1. The zero-order valence-electron chi connectivity index (χ0n) is 19.0. The van der Waals surface area contributed by atoms with Crippen molar-refractivity contribution in [3.63, 3.8) is 0 Å². The minimum Gasteiger partial charge on any atom is -0.478 e. The lowest BCUT2D eigenvalue weighted by Crippen LogP contribution is -2.38. The molecule has 0 aromatic heterocycles. The Labute approximate surface area is 185 Å². The summed E-state index contributed by atoms with van der Waals surface area (Å²) in [5.41, 5.74) is 3.15. The summed E-state index contributed by atoms with van der Waals surface area (Å²) in [6.07, 6.45) is 2.58. The molecule has 2 aromatic rings. The van der Waals surface area contributed by atoms with E-state index in [2.05, 4.69) is 50.8 Å². The van der Waals surface area contributed by atoms with Crippen molar-refractivity contribution in [2.75, 3.05) is 6.54 Å². The SMILES string of the molecule is Cc1ccc(OC(=O)/C=C/C(=O)O)c([C@H](CCN(C(C)C)C(C)C)c2ccccc2)c1.